The summed E-state index contributed by atoms with van der Waals surface area (Å²) in [6.45, 7) is 0. The van der Waals surface area contributed by atoms with Crippen LogP contribution in [0.15, 0.2) is 29.2 Å². The number of rotatable bonds is 4. The maximum absolute atomic E-state index is 9.38. The van der Waals surface area contributed by atoms with Crippen molar-refractivity contribution in [3.8, 4) is 6.07 Å². The van der Waals surface area contributed by atoms with E-state index in [-0.39, 0.29) is 0 Å². The minimum atomic E-state index is -0.610. The van der Waals surface area contributed by atoms with Gasteiger partial charge >= 0.3 is 0 Å². The van der Waals surface area contributed by atoms with Gasteiger partial charge in [-0.25, -0.2) is 0 Å². The van der Waals surface area contributed by atoms with E-state index in [1.807, 2.05) is 24.3 Å². The van der Waals surface area contributed by atoms with E-state index in [9.17, 15) is 5.26 Å². The zero-order chi connectivity index (χ0) is 13.2. The maximum atomic E-state index is 9.38. The normalized spacial score (nSPS) is 19.9. The van der Waals surface area contributed by atoms with Crippen molar-refractivity contribution in [1.82, 2.24) is 0 Å². The van der Waals surface area contributed by atoms with E-state index in [1.54, 1.807) is 14.2 Å². The predicted octanol–water partition coefficient (Wildman–Crippen LogP) is 3.48. The van der Waals surface area contributed by atoms with Gasteiger partial charge in [0.25, 0.3) is 0 Å². The van der Waals surface area contributed by atoms with Crippen molar-refractivity contribution in [3.05, 3.63) is 29.3 Å². The average Bonchev–Trinajstić information content (AvgIpc) is 2.33. The number of ether oxygens (including phenoxy) is 2. The van der Waals surface area contributed by atoms with E-state index in [1.165, 1.54) is 11.8 Å². The monoisotopic (exact) mass is 283 g/mol. The fourth-order valence-electron chi connectivity index (χ4n) is 2.12. The molecule has 2 rings (SSSR count). The summed E-state index contributed by atoms with van der Waals surface area (Å²) in [5, 5.41) is 10.1. The zero-order valence-corrected chi connectivity index (χ0v) is 11.8. The molecule has 1 aliphatic rings. The molecule has 1 fully saturated rings. The highest BCUT2D eigenvalue weighted by atomic mass is 35.5. The minimum absolute atomic E-state index is 0.489. The van der Waals surface area contributed by atoms with Crippen LogP contribution in [0.4, 0.5) is 0 Å². The topological polar surface area (TPSA) is 42.2 Å². The molecule has 18 heavy (non-hydrogen) atoms. The van der Waals surface area contributed by atoms with Crippen molar-refractivity contribution in [2.24, 2.45) is 0 Å². The summed E-state index contributed by atoms with van der Waals surface area (Å²) in [7, 11) is 3.21. The molecular weight excluding hydrogens is 270 g/mol. The SMILES string of the molecule is COC1(OC)CC(C#N)(Sc2cccc(Cl)c2)C1. The van der Waals surface area contributed by atoms with E-state index in [2.05, 4.69) is 6.07 Å². The third-order valence-corrected chi connectivity index (χ3v) is 4.66. The van der Waals surface area contributed by atoms with Crippen molar-refractivity contribution < 1.29 is 9.47 Å². The molecule has 0 amide bonds. The lowest BCUT2D eigenvalue weighted by atomic mass is 9.78. The average molecular weight is 284 g/mol. The zero-order valence-electron chi connectivity index (χ0n) is 10.3. The molecular formula is C13H14ClNO2S. The Morgan fingerprint density at radius 3 is 2.50 bits per heavy atom. The summed E-state index contributed by atoms with van der Waals surface area (Å²) in [6, 6.07) is 9.89. The molecule has 1 aromatic carbocycles. The van der Waals surface area contributed by atoms with Gasteiger partial charge in [0.1, 0.15) is 4.75 Å². The van der Waals surface area contributed by atoms with Crippen molar-refractivity contribution in [2.75, 3.05) is 14.2 Å². The van der Waals surface area contributed by atoms with Crippen LogP contribution in [0.2, 0.25) is 5.02 Å². The lowest BCUT2D eigenvalue weighted by Crippen LogP contribution is -2.56. The molecule has 1 saturated carbocycles. The molecule has 0 N–H and O–H groups in total. The van der Waals surface area contributed by atoms with Crippen molar-refractivity contribution >= 4 is 23.4 Å². The summed E-state index contributed by atoms with van der Waals surface area (Å²) >= 11 is 7.46. The van der Waals surface area contributed by atoms with Gasteiger partial charge in [0.05, 0.1) is 6.07 Å². The second kappa shape index (κ2) is 5.10. The number of thioether (sulfide) groups is 1. The Balaban J connectivity index is 2.11. The Morgan fingerprint density at radius 2 is 2.00 bits per heavy atom. The smallest absolute Gasteiger partial charge is 0.172 e. The van der Waals surface area contributed by atoms with Gasteiger partial charge < -0.3 is 9.47 Å². The number of hydrogen-bond acceptors (Lipinski definition) is 4. The van der Waals surface area contributed by atoms with E-state index in [0.717, 1.165) is 4.90 Å². The van der Waals surface area contributed by atoms with Gasteiger partial charge in [-0.2, -0.15) is 5.26 Å². The largest absolute Gasteiger partial charge is 0.353 e. The van der Waals surface area contributed by atoms with Gasteiger partial charge in [-0.05, 0) is 18.2 Å². The van der Waals surface area contributed by atoms with Crippen LogP contribution >= 0.6 is 23.4 Å². The first-order valence-corrected chi connectivity index (χ1v) is 6.73. The second-order valence-electron chi connectivity index (χ2n) is 4.34. The fraction of sp³-hybridized carbons (Fsp3) is 0.462. The van der Waals surface area contributed by atoms with E-state index >= 15 is 0 Å². The summed E-state index contributed by atoms with van der Waals surface area (Å²) in [5.41, 5.74) is 0. The molecule has 0 bridgehead atoms. The van der Waals surface area contributed by atoms with Crippen LogP contribution < -0.4 is 0 Å². The number of nitriles is 1. The predicted molar refractivity (Wildman–Crippen MR) is 71.6 cm³/mol. The van der Waals surface area contributed by atoms with Crippen LogP contribution in [0.25, 0.3) is 0 Å². The highest BCUT2D eigenvalue weighted by Crippen LogP contribution is 2.54. The highest BCUT2D eigenvalue weighted by molar-refractivity contribution is 8.01. The maximum Gasteiger partial charge on any atom is 0.172 e. The molecule has 0 heterocycles. The number of halogens is 1. The summed E-state index contributed by atoms with van der Waals surface area (Å²) in [4.78, 5) is 0.991. The standard InChI is InChI=1S/C13H14ClNO2S/c1-16-13(17-2)7-12(8-13,9-15)18-11-5-3-4-10(14)6-11/h3-6H,7-8H2,1-2H3. The Bertz CT molecular complexity index is 474. The lowest BCUT2D eigenvalue weighted by Gasteiger charge is -2.49. The Morgan fingerprint density at radius 1 is 1.33 bits per heavy atom. The van der Waals surface area contributed by atoms with E-state index in [4.69, 9.17) is 21.1 Å². The number of methoxy groups -OCH3 is 2. The van der Waals surface area contributed by atoms with Crippen LogP contribution in [0, 0.1) is 11.3 Å². The third kappa shape index (κ3) is 2.50. The number of benzene rings is 1. The van der Waals surface area contributed by atoms with Gasteiger partial charge in [0, 0.05) is 37.0 Å². The van der Waals surface area contributed by atoms with Crippen LogP contribution in [-0.4, -0.2) is 24.8 Å². The van der Waals surface area contributed by atoms with Gasteiger partial charge in [-0.1, -0.05) is 17.7 Å². The van der Waals surface area contributed by atoms with Gasteiger partial charge in [0.15, 0.2) is 5.79 Å². The molecule has 0 aliphatic heterocycles. The number of nitrogens with zero attached hydrogens (tertiary/aromatic N) is 1. The molecule has 5 heteroatoms. The van der Waals surface area contributed by atoms with E-state index < -0.39 is 10.5 Å². The van der Waals surface area contributed by atoms with E-state index in [0.29, 0.717) is 17.9 Å². The van der Waals surface area contributed by atoms with Crippen molar-refractivity contribution in [1.29, 1.82) is 5.26 Å². The molecule has 0 radical (unpaired) electrons. The lowest BCUT2D eigenvalue weighted by molar-refractivity contribution is -0.255. The van der Waals surface area contributed by atoms with Crippen molar-refractivity contribution in [2.45, 2.75) is 28.3 Å². The summed E-state index contributed by atoms with van der Waals surface area (Å²) in [5.74, 6) is -0.610. The molecule has 0 saturated heterocycles. The summed E-state index contributed by atoms with van der Waals surface area (Å²) in [6.07, 6.45) is 1.11. The first-order chi connectivity index (χ1) is 8.57. The second-order valence-corrected chi connectivity index (χ2v) is 6.23. The van der Waals surface area contributed by atoms with Crippen LogP contribution in [0.1, 0.15) is 12.8 Å². The third-order valence-electron chi connectivity index (χ3n) is 3.17. The molecule has 1 aliphatic carbocycles. The first kappa shape index (κ1) is 13.7. The Kier molecular flexibility index (Phi) is 3.88. The minimum Gasteiger partial charge on any atom is -0.353 e. The molecule has 1 aromatic rings. The molecule has 0 aromatic heterocycles. The van der Waals surface area contributed by atoms with Crippen molar-refractivity contribution in [3.63, 3.8) is 0 Å². The van der Waals surface area contributed by atoms with Gasteiger partial charge in [-0.15, -0.1) is 11.8 Å². The van der Waals surface area contributed by atoms with Crippen LogP contribution in [0.5, 0.6) is 0 Å². The fourth-order valence-corrected chi connectivity index (χ4v) is 3.79. The molecule has 0 unspecified atom stereocenters. The molecule has 3 nitrogen and oxygen atoms in total. The molecule has 96 valence electrons. The quantitative estimate of drug-likeness (QED) is 0.794. The van der Waals surface area contributed by atoms with Gasteiger partial charge in [0.2, 0.25) is 0 Å². The Labute approximate surface area is 116 Å². The van der Waals surface area contributed by atoms with Crippen LogP contribution in [-0.2, 0) is 9.47 Å². The molecule has 0 spiro atoms. The van der Waals surface area contributed by atoms with Crippen LogP contribution in [0.3, 0.4) is 0 Å². The number of hydrogen-bond donors (Lipinski definition) is 0. The summed E-state index contributed by atoms with van der Waals surface area (Å²) < 4.78 is 10.2. The first-order valence-electron chi connectivity index (χ1n) is 5.53. The highest BCUT2D eigenvalue weighted by Gasteiger charge is 2.57. The Hall–Kier alpha value is -0.730. The molecule has 0 atom stereocenters. The van der Waals surface area contributed by atoms with Gasteiger partial charge in [-0.3, -0.25) is 0 Å².